The molecule has 0 atom stereocenters. The van der Waals surface area contributed by atoms with Gasteiger partial charge in [-0.05, 0) is 49.2 Å². The molecule has 0 heterocycles. The average molecular weight is 338 g/mol. The monoisotopic (exact) mass is 337 g/mol. The maximum absolute atomic E-state index is 12.3. The standard InChI is InChI=1S/C16H13Cl2NO3/c1-8-5-9(2)14(12(6-8)16(21)22)19-15(20)11-4-3-10(17)7-13(11)18/h3-7H,1-2H3,(H,19,20)(H,21,22). The summed E-state index contributed by atoms with van der Waals surface area (Å²) in [5.74, 6) is -1.60. The molecule has 0 radical (unpaired) electrons. The molecule has 114 valence electrons. The van der Waals surface area contributed by atoms with Crippen molar-refractivity contribution in [3.05, 3.63) is 62.6 Å². The molecule has 2 aromatic carbocycles. The van der Waals surface area contributed by atoms with E-state index in [0.29, 0.717) is 10.6 Å². The van der Waals surface area contributed by atoms with E-state index >= 15 is 0 Å². The molecule has 22 heavy (non-hydrogen) atoms. The van der Waals surface area contributed by atoms with Crippen molar-refractivity contribution < 1.29 is 14.7 Å². The van der Waals surface area contributed by atoms with Gasteiger partial charge in [0.1, 0.15) is 0 Å². The van der Waals surface area contributed by atoms with Gasteiger partial charge in [0.05, 0.1) is 21.8 Å². The number of carbonyl (C=O) groups excluding carboxylic acids is 1. The van der Waals surface area contributed by atoms with Crippen LogP contribution >= 0.6 is 23.2 Å². The number of aryl methyl sites for hydroxylation is 2. The van der Waals surface area contributed by atoms with E-state index in [-0.39, 0.29) is 21.8 Å². The Kier molecular flexibility index (Phi) is 4.74. The number of halogens is 2. The number of nitrogens with one attached hydrogen (secondary N) is 1. The molecule has 1 amide bonds. The Bertz CT molecular complexity index is 772. The summed E-state index contributed by atoms with van der Waals surface area (Å²) < 4.78 is 0. The van der Waals surface area contributed by atoms with Crippen molar-refractivity contribution in [1.29, 1.82) is 0 Å². The summed E-state index contributed by atoms with van der Waals surface area (Å²) >= 11 is 11.8. The van der Waals surface area contributed by atoms with Crippen molar-refractivity contribution in [2.45, 2.75) is 13.8 Å². The summed E-state index contributed by atoms with van der Waals surface area (Å²) in [4.78, 5) is 23.7. The Morgan fingerprint density at radius 2 is 1.73 bits per heavy atom. The molecule has 2 aromatic rings. The van der Waals surface area contributed by atoms with Crippen molar-refractivity contribution in [3.8, 4) is 0 Å². The predicted octanol–water partition coefficient (Wildman–Crippen LogP) is 4.56. The van der Waals surface area contributed by atoms with Gasteiger partial charge in [-0.2, -0.15) is 0 Å². The van der Waals surface area contributed by atoms with Crippen LogP contribution in [0.5, 0.6) is 0 Å². The Labute approximate surface area is 137 Å². The Hall–Kier alpha value is -2.04. The third-order valence-corrected chi connectivity index (χ3v) is 3.67. The third-order valence-electron chi connectivity index (χ3n) is 3.12. The molecule has 2 N–H and O–H groups in total. The second-order valence-electron chi connectivity index (χ2n) is 4.89. The van der Waals surface area contributed by atoms with Crippen molar-refractivity contribution in [2.75, 3.05) is 5.32 Å². The van der Waals surface area contributed by atoms with Gasteiger partial charge < -0.3 is 10.4 Å². The molecule has 4 nitrogen and oxygen atoms in total. The summed E-state index contributed by atoms with van der Waals surface area (Å²) in [7, 11) is 0. The van der Waals surface area contributed by atoms with Crippen LogP contribution in [0.3, 0.4) is 0 Å². The van der Waals surface area contributed by atoms with Crippen LogP contribution < -0.4 is 5.32 Å². The first-order chi connectivity index (χ1) is 10.3. The number of hydrogen-bond donors (Lipinski definition) is 2. The molecule has 0 saturated carbocycles. The van der Waals surface area contributed by atoms with Crippen LogP contribution in [0.25, 0.3) is 0 Å². The van der Waals surface area contributed by atoms with Crippen molar-refractivity contribution in [1.82, 2.24) is 0 Å². The van der Waals surface area contributed by atoms with E-state index in [1.807, 2.05) is 0 Å². The molecule has 0 aromatic heterocycles. The van der Waals surface area contributed by atoms with Crippen molar-refractivity contribution >= 4 is 40.8 Å². The Morgan fingerprint density at radius 1 is 1.05 bits per heavy atom. The van der Waals surface area contributed by atoms with E-state index in [1.165, 1.54) is 18.2 Å². The van der Waals surface area contributed by atoms with Crippen LogP contribution in [-0.2, 0) is 0 Å². The lowest BCUT2D eigenvalue weighted by molar-refractivity contribution is 0.0698. The normalized spacial score (nSPS) is 10.4. The van der Waals surface area contributed by atoms with Crippen LogP contribution in [0.1, 0.15) is 31.8 Å². The first-order valence-electron chi connectivity index (χ1n) is 6.40. The van der Waals surface area contributed by atoms with E-state index in [1.54, 1.807) is 26.0 Å². The molecule has 0 spiro atoms. The zero-order valence-electron chi connectivity index (χ0n) is 11.9. The van der Waals surface area contributed by atoms with Crippen LogP contribution in [-0.4, -0.2) is 17.0 Å². The van der Waals surface area contributed by atoms with Gasteiger partial charge in [-0.15, -0.1) is 0 Å². The molecule has 0 bridgehead atoms. The van der Waals surface area contributed by atoms with Gasteiger partial charge in [0.15, 0.2) is 0 Å². The topological polar surface area (TPSA) is 66.4 Å². The number of anilines is 1. The van der Waals surface area contributed by atoms with Gasteiger partial charge in [0, 0.05) is 5.02 Å². The summed E-state index contributed by atoms with van der Waals surface area (Å²) in [6, 6.07) is 7.80. The maximum atomic E-state index is 12.3. The van der Waals surface area contributed by atoms with Crippen molar-refractivity contribution in [2.24, 2.45) is 0 Å². The molecule has 0 fully saturated rings. The highest BCUT2D eigenvalue weighted by Crippen LogP contribution is 2.26. The lowest BCUT2D eigenvalue weighted by Crippen LogP contribution is -2.16. The number of carboxylic acid groups (broad SMARTS) is 1. The minimum Gasteiger partial charge on any atom is -0.478 e. The van der Waals surface area contributed by atoms with Gasteiger partial charge in [-0.3, -0.25) is 4.79 Å². The summed E-state index contributed by atoms with van der Waals surface area (Å²) in [5.41, 5.74) is 1.99. The van der Waals surface area contributed by atoms with Gasteiger partial charge >= 0.3 is 5.97 Å². The Morgan fingerprint density at radius 3 is 2.32 bits per heavy atom. The molecule has 0 aliphatic heterocycles. The van der Waals surface area contributed by atoms with E-state index in [2.05, 4.69) is 5.32 Å². The number of rotatable bonds is 3. The minimum atomic E-state index is -1.11. The van der Waals surface area contributed by atoms with E-state index in [0.717, 1.165) is 5.56 Å². The van der Waals surface area contributed by atoms with Crippen LogP contribution in [0.2, 0.25) is 10.0 Å². The number of aromatic carboxylic acids is 1. The number of carbonyl (C=O) groups is 2. The smallest absolute Gasteiger partial charge is 0.337 e. The number of carboxylic acids is 1. The fourth-order valence-corrected chi connectivity index (χ4v) is 2.65. The highest BCUT2D eigenvalue weighted by Gasteiger charge is 2.18. The van der Waals surface area contributed by atoms with E-state index in [9.17, 15) is 14.7 Å². The van der Waals surface area contributed by atoms with Gasteiger partial charge in [-0.1, -0.05) is 29.3 Å². The molecular formula is C16H13Cl2NO3. The second kappa shape index (κ2) is 6.38. The maximum Gasteiger partial charge on any atom is 0.337 e. The lowest BCUT2D eigenvalue weighted by atomic mass is 10.0. The summed E-state index contributed by atoms with van der Waals surface area (Å²) in [6.07, 6.45) is 0. The molecule has 6 heteroatoms. The van der Waals surface area contributed by atoms with Gasteiger partial charge in [0.25, 0.3) is 5.91 Å². The second-order valence-corrected chi connectivity index (χ2v) is 5.73. The highest BCUT2D eigenvalue weighted by atomic mass is 35.5. The predicted molar refractivity (Wildman–Crippen MR) is 87.3 cm³/mol. The largest absolute Gasteiger partial charge is 0.478 e. The lowest BCUT2D eigenvalue weighted by Gasteiger charge is -2.13. The molecule has 0 saturated heterocycles. The first-order valence-corrected chi connectivity index (χ1v) is 7.16. The quantitative estimate of drug-likeness (QED) is 0.862. The molecule has 0 aliphatic rings. The van der Waals surface area contributed by atoms with Gasteiger partial charge in [0.2, 0.25) is 0 Å². The SMILES string of the molecule is Cc1cc(C)c(NC(=O)c2ccc(Cl)cc2Cl)c(C(=O)O)c1. The molecule has 2 rings (SSSR count). The first kappa shape index (κ1) is 16.3. The number of hydrogen-bond acceptors (Lipinski definition) is 2. The molecule has 0 unspecified atom stereocenters. The fraction of sp³-hybridized carbons (Fsp3) is 0.125. The van der Waals surface area contributed by atoms with Crippen LogP contribution in [0, 0.1) is 13.8 Å². The number of benzene rings is 2. The van der Waals surface area contributed by atoms with Crippen molar-refractivity contribution in [3.63, 3.8) is 0 Å². The van der Waals surface area contributed by atoms with E-state index < -0.39 is 11.9 Å². The molecular weight excluding hydrogens is 325 g/mol. The Balaban J connectivity index is 2.42. The number of amides is 1. The summed E-state index contributed by atoms with van der Waals surface area (Å²) in [6.45, 7) is 3.53. The highest BCUT2D eigenvalue weighted by molar-refractivity contribution is 6.37. The molecule has 0 aliphatic carbocycles. The zero-order valence-corrected chi connectivity index (χ0v) is 13.4. The zero-order chi connectivity index (χ0) is 16.4. The fourth-order valence-electron chi connectivity index (χ4n) is 2.16. The van der Waals surface area contributed by atoms with Crippen LogP contribution in [0.15, 0.2) is 30.3 Å². The van der Waals surface area contributed by atoms with E-state index in [4.69, 9.17) is 23.2 Å². The summed E-state index contributed by atoms with van der Waals surface area (Å²) in [5, 5.41) is 12.5. The average Bonchev–Trinajstić information content (AvgIpc) is 2.40. The van der Waals surface area contributed by atoms with Crippen LogP contribution in [0.4, 0.5) is 5.69 Å². The minimum absolute atomic E-state index is 0.0379. The third kappa shape index (κ3) is 3.40. The van der Waals surface area contributed by atoms with Gasteiger partial charge in [-0.25, -0.2) is 4.79 Å².